The number of carbonyl (C=O) groups excluding carboxylic acids is 2. The van der Waals surface area contributed by atoms with Crippen LogP contribution in [-0.4, -0.2) is 33.6 Å². The van der Waals surface area contributed by atoms with Gasteiger partial charge in [-0.3, -0.25) is 4.79 Å². The van der Waals surface area contributed by atoms with Gasteiger partial charge in [0, 0.05) is 12.4 Å². The van der Waals surface area contributed by atoms with Crippen LogP contribution in [0.1, 0.15) is 27.7 Å². The molecule has 0 radical (unpaired) electrons. The number of hydrogen-bond donors (Lipinski definition) is 3. The Labute approximate surface area is 152 Å². The molecule has 2 heterocycles. The van der Waals surface area contributed by atoms with Crippen molar-refractivity contribution in [2.75, 3.05) is 10.6 Å². The molecule has 2 rings (SSSR count). The van der Waals surface area contributed by atoms with Crippen LogP contribution in [0.2, 0.25) is 0 Å². The largest absolute Gasteiger partial charge is 0.444 e. The summed E-state index contributed by atoms with van der Waals surface area (Å²) in [5.74, 6) is 0.538. The Balaban J connectivity index is 2.01. The van der Waals surface area contributed by atoms with Gasteiger partial charge in [-0.15, -0.1) is 0 Å². The van der Waals surface area contributed by atoms with E-state index in [9.17, 15) is 9.59 Å². The highest BCUT2D eigenvalue weighted by Gasteiger charge is 2.21. The molecule has 0 saturated heterocycles. The van der Waals surface area contributed by atoms with Crippen molar-refractivity contribution in [2.45, 2.75) is 39.3 Å². The number of hydrogen-bond acceptors (Lipinski definition) is 6. The molecule has 0 spiro atoms. The van der Waals surface area contributed by atoms with E-state index in [1.807, 2.05) is 6.07 Å². The van der Waals surface area contributed by atoms with Gasteiger partial charge in [0.15, 0.2) is 5.82 Å². The maximum atomic E-state index is 12.4. The third-order valence-electron chi connectivity index (χ3n) is 3.10. The van der Waals surface area contributed by atoms with Crippen molar-refractivity contribution in [2.24, 2.45) is 0 Å². The first-order chi connectivity index (χ1) is 12.2. The summed E-state index contributed by atoms with van der Waals surface area (Å²) in [4.78, 5) is 32.5. The molecule has 0 aromatic carbocycles. The van der Waals surface area contributed by atoms with Crippen LogP contribution in [0.25, 0.3) is 0 Å². The van der Waals surface area contributed by atoms with Gasteiger partial charge < -0.3 is 20.7 Å². The van der Waals surface area contributed by atoms with Gasteiger partial charge in [0.1, 0.15) is 17.5 Å². The summed E-state index contributed by atoms with van der Waals surface area (Å²) in [6.07, 6.45) is 2.56. The monoisotopic (exact) mass is 357 g/mol. The van der Waals surface area contributed by atoms with E-state index in [0.29, 0.717) is 17.3 Å². The molecule has 0 aliphatic heterocycles. The third-order valence-corrected chi connectivity index (χ3v) is 3.10. The summed E-state index contributed by atoms with van der Waals surface area (Å²) in [7, 11) is 0. The SMILES string of the molecule is C[C@H](NC(=O)OC(C)(C)C)C(=O)Nc1ncccc1Nc1ccccn1. The second kappa shape index (κ2) is 8.28. The number of alkyl carbamates (subject to hydrolysis) is 1. The number of ether oxygens (including phenoxy) is 1. The number of amides is 2. The fourth-order valence-electron chi connectivity index (χ4n) is 1.96. The molecule has 0 aliphatic carbocycles. The average molecular weight is 357 g/mol. The summed E-state index contributed by atoms with van der Waals surface area (Å²) in [5.41, 5.74) is -0.0508. The van der Waals surface area contributed by atoms with Crippen molar-refractivity contribution in [3.05, 3.63) is 42.7 Å². The second-order valence-electron chi connectivity index (χ2n) is 6.60. The lowest BCUT2D eigenvalue weighted by Crippen LogP contribution is -2.44. The van der Waals surface area contributed by atoms with Gasteiger partial charge >= 0.3 is 6.09 Å². The molecule has 2 amide bonds. The van der Waals surface area contributed by atoms with Crippen LogP contribution in [0, 0.1) is 0 Å². The van der Waals surface area contributed by atoms with Crippen molar-refractivity contribution in [1.82, 2.24) is 15.3 Å². The van der Waals surface area contributed by atoms with Crippen LogP contribution in [0.4, 0.5) is 22.1 Å². The van der Waals surface area contributed by atoms with Gasteiger partial charge in [-0.05, 0) is 52.0 Å². The maximum Gasteiger partial charge on any atom is 0.408 e. The molecule has 0 fully saturated rings. The van der Waals surface area contributed by atoms with Crippen molar-refractivity contribution in [3.63, 3.8) is 0 Å². The first kappa shape index (κ1) is 19.2. The molecular formula is C18H23N5O3. The first-order valence-electron chi connectivity index (χ1n) is 8.18. The Hall–Kier alpha value is -3.16. The Kier molecular flexibility index (Phi) is 6.11. The standard InChI is InChI=1S/C18H23N5O3/c1-12(21-17(25)26-18(2,3)4)16(24)23-15-13(8-7-11-20-15)22-14-9-5-6-10-19-14/h5-12H,1-4H3,(H,19,22)(H,21,25)(H,20,23,24)/t12-/m0/s1. The molecule has 138 valence electrons. The Morgan fingerprint density at radius 3 is 2.46 bits per heavy atom. The molecule has 1 atom stereocenters. The zero-order valence-corrected chi connectivity index (χ0v) is 15.2. The Morgan fingerprint density at radius 1 is 1.08 bits per heavy atom. The van der Waals surface area contributed by atoms with Crippen LogP contribution in [0.5, 0.6) is 0 Å². The van der Waals surface area contributed by atoms with Crippen molar-refractivity contribution >= 4 is 29.3 Å². The van der Waals surface area contributed by atoms with Gasteiger partial charge in [0.25, 0.3) is 0 Å². The van der Waals surface area contributed by atoms with E-state index in [-0.39, 0.29) is 0 Å². The van der Waals surface area contributed by atoms with Crippen LogP contribution in [-0.2, 0) is 9.53 Å². The molecule has 0 bridgehead atoms. The zero-order valence-electron chi connectivity index (χ0n) is 15.2. The summed E-state index contributed by atoms with van der Waals surface area (Å²) >= 11 is 0. The Morgan fingerprint density at radius 2 is 1.81 bits per heavy atom. The second-order valence-corrected chi connectivity index (χ2v) is 6.60. The van der Waals surface area contributed by atoms with Gasteiger partial charge in [0.2, 0.25) is 5.91 Å². The number of pyridine rings is 2. The maximum absolute atomic E-state index is 12.4. The predicted molar refractivity (Wildman–Crippen MR) is 99.2 cm³/mol. The molecule has 0 aliphatic rings. The third kappa shape index (κ3) is 6.04. The highest BCUT2D eigenvalue weighted by atomic mass is 16.6. The number of nitrogens with zero attached hydrogens (tertiary/aromatic N) is 2. The number of anilines is 3. The predicted octanol–water partition coefficient (Wildman–Crippen LogP) is 3.07. The Bertz CT molecular complexity index is 759. The van der Waals surface area contributed by atoms with Crippen molar-refractivity contribution in [3.8, 4) is 0 Å². The quantitative estimate of drug-likeness (QED) is 0.759. The minimum atomic E-state index is -0.797. The summed E-state index contributed by atoms with van der Waals surface area (Å²) in [6, 6.07) is 8.16. The van der Waals surface area contributed by atoms with Gasteiger partial charge in [-0.1, -0.05) is 6.07 Å². The smallest absolute Gasteiger partial charge is 0.408 e. The van der Waals surface area contributed by atoms with E-state index >= 15 is 0 Å². The van der Waals surface area contributed by atoms with E-state index in [4.69, 9.17) is 4.74 Å². The summed E-state index contributed by atoms with van der Waals surface area (Å²) in [6.45, 7) is 6.82. The lowest BCUT2D eigenvalue weighted by molar-refractivity contribution is -0.117. The average Bonchev–Trinajstić information content (AvgIpc) is 2.55. The minimum Gasteiger partial charge on any atom is -0.444 e. The van der Waals surface area contributed by atoms with E-state index < -0.39 is 23.6 Å². The molecule has 8 nitrogen and oxygen atoms in total. The summed E-state index contributed by atoms with van der Waals surface area (Å²) < 4.78 is 5.15. The van der Waals surface area contributed by atoms with Gasteiger partial charge in [-0.25, -0.2) is 14.8 Å². The lowest BCUT2D eigenvalue weighted by atomic mass is 10.2. The molecule has 0 unspecified atom stereocenters. The fourth-order valence-corrected chi connectivity index (χ4v) is 1.96. The van der Waals surface area contributed by atoms with E-state index in [1.165, 1.54) is 0 Å². The number of aromatic nitrogens is 2. The molecule has 2 aromatic rings. The minimum absolute atomic E-state index is 0.334. The van der Waals surface area contributed by atoms with E-state index in [0.717, 1.165) is 0 Å². The van der Waals surface area contributed by atoms with Crippen LogP contribution in [0.3, 0.4) is 0 Å². The van der Waals surface area contributed by atoms with Gasteiger partial charge in [-0.2, -0.15) is 0 Å². The molecule has 2 aromatic heterocycles. The van der Waals surface area contributed by atoms with Crippen molar-refractivity contribution in [1.29, 1.82) is 0 Å². The lowest BCUT2D eigenvalue weighted by Gasteiger charge is -2.21. The number of carbonyl (C=O) groups is 2. The molecule has 3 N–H and O–H groups in total. The molecular weight excluding hydrogens is 334 g/mol. The van der Waals surface area contributed by atoms with E-state index in [2.05, 4.69) is 25.9 Å². The number of rotatable bonds is 5. The molecule has 26 heavy (non-hydrogen) atoms. The fraction of sp³-hybridized carbons (Fsp3) is 0.333. The highest BCUT2D eigenvalue weighted by molar-refractivity contribution is 5.98. The van der Waals surface area contributed by atoms with E-state index in [1.54, 1.807) is 64.4 Å². The zero-order chi connectivity index (χ0) is 19.2. The first-order valence-corrected chi connectivity index (χ1v) is 8.18. The summed E-state index contributed by atoms with van der Waals surface area (Å²) in [5, 5.41) is 8.27. The number of nitrogens with one attached hydrogen (secondary N) is 3. The topological polar surface area (TPSA) is 105 Å². The van der Waals surface area contributed by atoms with Crippen LogP contribution < -0.4 is 16.0 Å². The van der Waals surface area contributed by atoms with Crippen LogP contribution in [0.15, 0.2) is 42.7 Å². The molecule has 0 saturated carbocycles. The van der Waals surface area contributed by atoms with Crippen molar-refractivity contribution < 1.29 is 14.3 Å². The van der Waals surface area contributed by atoms with Gasteiger partial charge in [0.05, 0.1) is 5.69 Å². The highest BCUT2D eigenvalue weighted by Crippen LogP contribution is 2.21. The molecule has 8 heteroatoms. The normalized spacial score (nSPS) is 12.0. The van der Waals surface area contributed by atoms with Crippen LogP contribution >= 0.6 is 0 Å².